The smallest absolute Gasteiger partial charge is 0.217 e. The lowest BCUT2D eigenvalue weighted by molar-refractivity contribution is 0.150. The molecule has 3 heterocycles. The van der Waals surface area contributed by atoms with Gasteiger partial charge in [-0.25, -0.2) is 4.99 Å². The summed E-state index contributed by atoms with van der Waals surface area (Å²) in [4.78, 5) is 10.5. The number of hydrogen-bond donors (Lipinski definition) is 0. The summed E-state index contributed by atoms with van der Waals surface area (Å²) in [5.41, 5.74) is 17.9. The largest absolute Gasteiger partial charge is 0.467 e. The lowest BCUT2D eigenvalue weighted by Gasteiger charge is -2.29. The van der Waals surface area contributed by atoms with Crippen LogP contribution >= 0.6 is 0 Å². The van der Waals surface area contributed by atoms with Crippen LogP contribution in [0.2, 0.25) is 0 Å². The molecule has 2 aromatic heterocycles. The fourth-order valence-electron chi connectivity index (χ4n) is 9.83. The van der Waals surface area contributed by atoms with Gasteiger partial charge in [0.15, 0.2) is 0 Å². The highest BCUT2D eigenvalue weighted by molar-refractivity contribution is 6.11. The maximum atomic E-state index is 7.10. The molecular weight excluding hydrogens is 695 g/mol. The molecule has 1 saturated carbocycles. The van der Waals surface area contributed by atoms with Crippen molar-refractivity contribution in [1.29, 1.82) is 0 Å². The van der Waals surface area contributed by atoms with Crippen molar-refractivity contribution in [3.63, 3.8) is 0 Å². The number of aromatic nitrogens is 2. The Labute approximate surface area is 338 Å². The number of nitrogens with zero attached hydrogens (tertiary/aromatic N) is 3. The van der Waals surface area contributed by atoms with E-state index in [1.54, 1.807) is 0 Å². The van der Waals surface area contributed by atoms with Crippen LogP contribution in [-0.2, 0) is 10.2 Å². The number of hydrogen-bond acceptors (Lipinski definition) is 3. The van der Waals surface area contributed by atoms with Gasteiger partial charge in [0.1, 0.15) is 6.10 Å². The maximum Gasteiger partial charge on any atom is 0.217 e. The second kappa shape index (κ2) is 14.5. The zero-order valence-electron chi connectivity index (χ0n) is 34.9. The van der Waals surface area contributed by atoms with Crippen LogP contribution in [0.3, 0.4) is 0 Å². The first kappa shape index (κ1) is 37.1. The third-order valence-corrected chi connectivity index (χ3v) is 12.6. The summed E-state index contributed by atoms with van der Waals surface area (Å²) >= 11 is 0. The zero-order chi connectivity index (χ0) is 39.6. The molecule has 2 aliphatic rings. The lowest BCUT2D eigenvalue weighted by Crippen LogP contribution is -2.25. The Hall–Kier alpha value is -5.48. The molecular formula is C53H55N3O. The van der Waals surface area contributed by atoms with E-state index in [0.717, 1.165) is 33.9 Å². The first-order valence-electron chi connectivity index (χ1n) is 21.0. The SMILES string of the molecule is Cc1cc(C)c(-c2cc(C3=N[C@H](C4CCCCC4)[C@@H](c4ccccc4)O3)cc(-n3c4ccc(C)cc4c4cc(C)c(-c5cc(C(C)(C)C)ccn5)cc43)c2)c(C)c1. The van der Waals surface area contributed by atoms with Crippen LogP contribution in [0.15, 0.2) is 114 Å². The highest BCUT2D eigenvalue weighted by Crippen LogP contribution is 2.43. The summed E-state index contributed by atoms with van der Waals surface area (Å²) in [6.07, 6.45) is 8.13. The molecule has 0 radical (unpaired) electrons. The Bertz CT molecular complexity index is 2660. The summed E-state index contributed by atoms with van der Waals surface area (Å²) in [6, 6.07) is 38.6. The minimum absolute atomic E-state index is 0.0196. The summed E-state index contributed by atoms with van der Waals surface area (Å²) in [6.45, 7) is 17.9. The van der Waals surface area contributed by atoms with Gasteiger partial charge >= 0.3 is 0 Å². The average Bonchev–Trinajstić information content (AvgIpc) is 3.77. The van der Waals surface area contributed by atoms with Crippen molar-refractivity contribution in [3.8, 4) is 28.1 Å². The second-order valence-corrected chi connectivity index (χ2v) is 18.0. The molecule has 5 aromatic carbocycles. The summed E-state index contributed by atoms with van der Waals surface area (Å²) < 4.78 is 9.56. The van der Waals surface area contributed by atoms with Gasteiger partial charge in [0.05, 0.1) is 22.8 Å². The van der Waals surface area contributed by atoms with Crippen LogP contribution in [-0.4, -0.2) is 21.5 Å². The van der Waals surface area contributed by atoms with Crippen molar-refractivity contribution in [3.05, 3.63) is 154 Å². The van der Waals surface area contributed by atoms with Crippen molar-refractivity contribution < 1.29 is 4.74 Å². The Balaban J connectivity index is 1.29. The lowest BCUT2D eigenvalue weighted by atomic mass is 9.81. The highest BCUT2D eigenvalue weighted by Gasteiger charge is 2.39. The first-order chi connectivity index (χ1) is 27.4. The molecule has 0 unspecified atom stereocenters. The molecule has 1 fully saturated rings. The molecule has 57 heavy (non-hydrogen) atoms. The van der Waals surface area contributed by atoms with E-state index in [9.17, 15) is 0 Å². The van der Waals surface area contributed by atoms with E-state index >= 15 is 0 Å². The Morgan fingerprint density at radius 3 is 2.11 bits per heavy atom. The minimum atomic E-state index is -0.0997. The Kier molecular flexibility index (Phi) is 9.42. The van der Waals surface area contributed by atoms with Gasteiger partial charge in [0, 0.05) is 33.8 Å². The van der Waals surface area contributed by atoms with Gasteiger partial charge in [0.2, 0.25) is 5.90 Å². The van der Waals surface area contributed by atoms with Gasteiger partial charge in [-0.3, -0.25) is 4.98 Å². The number of benzene rings is 5. The molecule has 0 N–H and O–H groups in total. The Morgan fingerprint density at radius 2 is 1.37 bits per heavy atom. The molecule has 0 spiro atoms. The van der Waals surface area contributed by atoms with Crippen molar-refractivity contribution in [2.45, 2.75) is 105 Å². The molecule has 4 nitrogen and oxygen atoms in total. The van der Waals surface area contributed by atoms with Gasteiger partial charge in [-0.1, -0.05) is 99.7 Å². The van der Waals surface area contributed by atoms with Crippen LogP contribution in [0, 0.1) is 40.5 Å². The summed E-state index contributed by atoms with van der Waals surface area (Å²) in [7, 11) is 0. The standard InChI is InChI=1S/C53H55N3O/c1-32-19-20-47-44(25-32)45-26-34(3)43(46-30-41(21-22-54-46)53(6,7)8)31-48(45)56(47)42-28-39(49-35(4)23-33(2)24-36(49)5)27-40(29-42)52-55-50(37-15-11-9-12-16-37)51(57-52)38-17-13-10-14-18-38/h10,13-14,17-31,37,50-51H,9,11-12,15-16H2,1-8H3/t50-,51-/m1/s1. The zero-order valence-corrected chi connectivity index (χ0v) is 34.9. The molecule has 0 bridgehead atoms. The van der Waals surface area contributed by atoms with Crippen molar-refractivity contribution in [2.75, 3.05) is 0 Å². The number of aryl methyl sites for hydroxylation is 5. The fraction of sp³-hybridized carbons (Fsp3) is 0.321. The average molecular weight is 750 g/mol. The van der Waals surface area contributed by atoms with Crippen molar-refractivity contribution >= 4 is 27.7 Å². The van der Waals surface area contributed by atoms with E-state index in [4.69, 9.17) is 14.7 Å². The third kappa shape index (κ3) is 6.88. The topological polar surface area (TPSA) is 39.4 Å². The molecule has 7 aromatic rings. The van der Waals surface area contributed by atoms with E-state index in [2.05, 4.69) is 163 Å². The first-order valence-corrected chi connectivity index (χ1v) is 21.0. The van der Waals surface area contributed by atoms with Crippen LogP contribution in [0.25, 0.3) is 49.9 Å². The molecule has 1 aliphatic carbocycles. The van der Waals surface area contributed by atoms with Gasteiger partial charge in [-0.05, 0) is 152 Å². The molecule has 1 aliphatic heterocycles. The molecule has 0 amide bonds. The second-order valence-electron chi connectivity index (χ2n) is 18.0. The van der Waals surface area contributed by atoms with Crippen molar-refractivity contribution in [1.82, 2.24) is 9.55 Å². The number of rotatable bonds is 6. The Morgan fingerprint density at radius 1 is 0.649 bits per heavy atom. The van der Waals surface area contributed by atoms with E-state index in [0.29, 0.717) is 5.92 Å². The number of ether oxygens (including phenoxy) is 1. The number of fused-ring (bicyclic) bond motifs is 3. The van der Waals surface area contributed by atoms with Crippen LogP contribution in [0.4, 0.5) is 0 Å². The maximum absolute atomic E-state index is 7.10. The molecule has 0 saturated heterocycles. The van der Waals surface area contributed by atoms with Gasteiger partial charge in [-0.15, -0.1) is 0 Å². The predicted octanol–water partition coefficient (Wildman–Crippen LogP) is 13.8. The van der Waals surface area contributed by atoms with Crippen LogP contribution < -0.4 is 0 Å². The minimum Gasteiger partial charge on any atom is -0.467 e. The van der Waals surface area contributed by atoms with Crippen LogP contribution in [0.1, 0.15) is 103 Å². The monoisotopic (exact) mass is 749 g/mol. The van der Waals surface area contributed by atoms with Crippen molar-refractivity contribution in [2.24, 2.45) is 10.9 Å². The van der Waals surface area contributed by atoms with E-state index < -0.39 is 0 Å². The number of aliphatic imine (C=N–C) groups is 1. The van der Waals surface area contributed by atoms with Gasteiger partial charge in [-0.2, -0.15) is 0 Å². The third-order valence-electron chi connectivity index (χ3n) is 12.6. The molecule has 2 atom stereocenters. The quantitative estimate of drug-likeness (QED) is 0.170. The van der Waals surface area contributed by atoms with Gasteiger partial charge < -0.3 is 9.30 Å². The van der Waals surface area contributed by atoms with Gasteiger partial charge in [0.25, 0.3) is 0 Å². The molecule has 9 rings (SSSR count). The fourth-order valence-corrected chi connectivity index (χ4v) is 9.83. The van der Waals surface area contributed by atoms with Crippen LogP contribution in [0.5, 0.6) is 0 Å². The summed E-state index contributed by atoms with van der Waals surface area (Å²) in [5, 5.41) is 2.49. The molecule has 288 valence electrons. The normalized spacial score (nSPS) is 17.6. The van der Waals surface area contributed by atoms with E-state index in [-0.39, 0.29) is 17.6 Å². The predicted molar refractivity (Wildman–Crippen MR) is 239 cm³/mol. The summed E-state index contributed by atoms with van der Waals surface area (Å²) in [5.74, 6) is 1.26. The highest BCUT2D eigenvalue weighted by atomic mass is 16.5. The van der Waals surface area contributed by atoms with E-state index in [1.165, 1.54) is 98.5 Å². The van der Waals surface area contributed by atoms with E-state index in [1.807, 2.05) is 6.20 Å². The number of pyridine rings is 1. The molecule has 4 heteroatoms.